The van der Waals surface area contributed by atoms with Crippen LogP contribution in [0.2, 0.25) is 0 Å². The van der Waals surface area contributed by atoms with Crippen LogP contribution in [0.5, 0.6) is 0 Å². The Morgan fingerprint density at radius 1 is 0.766 bits per heavy atom. The maximum atomic E-state index is 15.1. The molecule has 0 unspecified atom stereocenters. The predicted octanol–water partition coefficient (Wildman–Crippen LogP) is 7.42. The van der Waals surface area contributed by atoms with Crippen molar-refractivity contribution in [2.24, 2.45) is 0 Å². The van der Waals surface area contributed by atoms with E-state index in [1.54, 1.807) is 6.07 Å². The standard InChI is InChI=1S/C41H43FN4O/c1-31-26-45(21-20-43-31)29-35-14-8-16-37(22-35)39-24-34(18-19-40(39)42)25-44-41(47)38-17-9-15-36(23-38)30-46(27-32-10-4-2-5-11-32)28-33-12-6-3-7-13-33/h2-19,22-24,31,43H,20-21,25-30H2,1H3,(H,44,47)/t31-/m0/s1. The molecule has 6 rings (SSSR count). The molecule has 47 heavy (non-hydrogen) atoms. The third kappa shape index (κ3) is 9.23. The lowest BCUT2D eigenvalue weighted by Crippen LogP contribution is -2.48. The van der Waals surface area contributed by atoms with Gasteiger partial charge in [-0.2, -0.15) is 0 Å². The van der Waals surface area contributed by atoms with Gasteiger partial charge >= 0.3 is 0 Å². The molecule has 5 nitrogen and oxygen atoms in total. The molecule has 1 amide bonds. The Labute approximate surface area is 278 Å². The lowest BCUT2D eigenvalue weighted by atomic mass is 10.00. The smallest absolute Gasteiger partial charge is 0.251 e. The normalized spacial score (nSPS) is 15.1. The van der Waals surface area contributed by atoms with Gasteiger partial charge in [0.2, 0.25) is 0 Å². The van der Waals surface area contributed by atoms with Crippen LogP contribution in [0.15, 0.2) is 127 Å². The molecule has 6 heteroatoms. The van der Waals surface area contributed by atoms with Gasteiger partial charge in [0.15, 0.2) is 0 Å². The minimum atomic E-state index is -0.267. The lowest BCUT2D eigenvalue weighted by Gasteiger charge is -2.31. The maximum Gasteiger partial charge on any atom is 0.251 e. The second kappa shape index (κ2) is 15.8. The monoisotopic (exact) mass is 626 g/mol. The lowest BCUT2D eigenvalue weighted by molar-refractivity contribution is 0.0950. The van der Waals surface area contributed by atoms with Gasteiger partial charge in [0, 0.05) is 69.5 Å². The highest BCUT2D eigenvalue weighted by molar-refractivity contribution is 5.94. The zero-order valence-corrected chi connectivity index (χ0v) is 27.0. The SMILES string of the molecule is C[C@H]1CN(Cc2cccc(-c3cc(CNC(=O)c4cccc(CN(Cc5ccccc5)Cc5ccccc5)c4)ccc3F)c2)CCN1. The highest BCUT2D eigenvalue weighted by Crippen LogP contribution is 2.26. The summed E-state index contributed by atoms with van der Waals surface area (Å²) in [6.07, 6.45) is 0. The first-order valence-electron chi connectivity index (χ1n) is 16.5. The van der Waals surface area contributed by atoms with Crippen LogP contribution in [0.3, 0.4) is 0 Å². The van der Waals surface area contributed by atoms with E-state index in [2.05, 4.69) is 94.1 Å². The summed E-state index contributed by atoms with van der Waals surface area (Å²) in [5, 5.41) is 6.54. The van der Waals surface area contributed by atoms with Crippen molar-refractivity contribution in [3.8, 4) is 11.1 Å². The Kier molecular flexibility index (Phi) is 10.9. The van der Waals surface area contributed by atoms with Crippen molar-refractivity contribution in [1.82, 2.24) is 20.4 Å². The van der Waals surface area contributed by atoms with Gasteiger partial charge in [-0.15, -0.1) is 0 Å². The number of rotatable bonds is 12. The molecule has 0 radical (unpaired) electrons. The Bertz CT molecular complexity index is 1720. The summed E-state index contributed by atoms with van der Waals surface area (Å²) in [4.78, 5) is 18.1. The van der Waals surface area contributed by atoms with E-state index in [0.29, 0.717) is 30.3 Å². The van der Waals surface area contributed by atoms with Crippen LogP contribution >= 0.6 is 0 Å². The molecule has 1 atom stereocenters. The number of benzene rings is 5. The van der Waals surface area contributed by atoms with E-state index < -0.39 is 0 Å². The van der Waals surface area contributed by atoms with Crippen LogP contribution in [0.1, 0.15) is 45.1 Å². The van der Waals surface area contributed by atoms with E-state index >= 15 is 4.39 Å². The van der Waals surface area contributed by atoms with E-state index in [-0.39, 0.29) is 11.7 Å². The van der Waals surface area contributed by atoms with E-state index in [0.717, 1.165) is 56.0 Å². The number of carbonyl (C=O) groups is 1. The first-order chi connectivity index (χ1) is 23.0. The summed E-state index contributed by atoms with van der Waals surface area (Å²) in [6, 6.07) is 42.4. The molecule has 2 N–H and O–H groups in total. The highest BCUT2D eigenvalue weighted by Gasteiger charge is 2.17. The van der Waals surface area contributed by atoms with Gasteiger partial charge in [-0.1, -0.05) is 97.1 Å². The second-order valence-electron chi connectivity index (χ2n) is 12.6. The van der Waals surface area contributed by atoms with Crippen LogP contribution in [-0.2, 0) is 32.7 Å². The number of hydrogen-bond acceptors (Lipinski definition) is 4. The van der Waals surface area contributed by atoms with Crippen molar-refractivity contribution in [3.63, 3.8) is 0 Å². The quantitative estimate of drug-likeness (QED) is 0.151. The minimum absolute atomic E-state index is 0.150. The fourth-order valence-corrected chi connectivity index (χ4v) is 6.36. The molecule has 5 aromatic rings. The van der Waals surface area contributed by atoms with Crippen molar-refractivity contribution in [2.45, 2.75) is 45.7 Å². The van der Waals surface area contributed by atoms with E-state index in [9.17, 15) is 4.79 Å². The molecule has 0 spiro atoms. The predicted molar refractivity (Wildman–Crippen MR) is 188 cm³/mol. The molecule has 0 saturated carbocycles. The van der Waals surface area contributed by atoms with E-state index in [1.807, 2.05) is 48.5 Å². The molecule has 0 bridgehead atoms. The van der Waals surface area contributed by atoms with Gasteiger partial charge in [-0.3, -0.25) is 14.6 Å². The van der Waals surface area contributed by atoms with Crippen LogP contribution < -0.4 is 10.6 Å². The van der Waals surface area contributed by atoms with Gasteiger partial charge in [-0.05, 0) is 70.6 Å². The minimum Gasteiger partial charge on any atom is -0.348 e. The number of hydrogen-bond donors (Lipinski definition) is 2. The first kappa shape index (κ1) is 32.3. The Morgan fingerprint density at radius 2 is 1.43 bits per heavy atom. The Hall–Kier alpha value is -4.62. The average Bonchev–Trinajstić information content (AvgIpc) is 3.09. The molecule has 1 saturated heterocycles. The summed E-state index contributed by atoms with van der Waals surface area (Å²) in [5.41, 5.74) is 7.59. The molecule has 0 aromatic heterocycles. The van der Waals surface area contributed by atoms with Gasteiger partial charge in [0.1, 0.15) is 5.82 Å². The number of amides is 1. The molecule has 1 aliphatic heterocycles. The molecular weight excluding hydrogens is 583 g/mol. The molecule has 1 fully saturated rings. The van der Waals surface area contributed by atoms with Gasteiger partial charge in [0.25, 0.3) is 5.91 Å². The van der Waals surface area contributed by atoms with Gasteiger partial charge in [-0.25, -0.2) is 4.39 Å². The number of piperazine rings is 1. The van der Waals surface area contributed by atoms with Gasteiger partial charge < -0.3 is 10.6 Å². The number of halogens is 1. The van der Waals surface area contributed by atoms with Crippen molar-refractivity contribution in [2.75, 3.05) is 19.6 Å². The molecule has 240 valence electrons. The fourth-order valence-electron chi connectivity index (χ4n) is 6.36. The van der Waals surface area contributed by atoms with Crippen molar-refractivity contribution < 1.29 is 9.18 Å². The highest BCUT2D eigenvalue weighted by atomic mass is 19.1. The van der Waals surface area contributed by atoms with Crippen LogP contribution in [0, 0.1) is 5.82 Å². The molecule has 0 aliphatic carbocycles. The van der Waals surface area contributed by atoms with Gasteiger partial charge in [0.05, 0.1) is 0 Å². The Balaban J connectivity index is 1.11. The summed E-state index contributed by atoms with van der Waals surface area (Å²) < 4.78 is 15.1. The first-order valence-corrected chi connectivity index (χ1v) is 16.5. The average molecular weight is 627 g/mol. The van der Waals surface area contributed by atoms with E-state index in [1.165, 1.54) is 22.8 Å². The second-order valence-corrected chi connectivity index (χ2v) is 12.6. The molecule has 1 heterocycles. The van der Waals surface area contributed by atoms with Crippen LogP contribution in [0.4, 0.5) is 4.39 Å². The van der Waals surface area contributed by atoms with Crippen LogP contribution in [-0.4, -0.2) is 41.4 Å². The maximum absolute atomic E-state index is 15.1. The summed E-state index contributed by atoms with van der Waals surface area (Å²) in [6.45, 7) is 8.64. The van der Waals surface area contributed by atoms with Crippen LogP contribution in [0.25, 0.3) is 11.1 Å². The number of nitrogens with one attached hydrogen (secondary N) is 2. The fraction of sp³-hybridized carbons (Fsp3) is 0.244. The third-order valence-electron chi connectivity index (χ3n) is 8.67. The van der Waals surface area contributed by atoms with Crippen molar-refractivity contribution in [1.29, 1.82) is 0 Å². The summed E-state index contributed by atoms with van der Waals surface area (Å²) in [5.74, 6) is -0.418. The molecule has 1 aliphatic rings. The van der Waals surface area contributed by atoms with Crippen molar-refractivity contribution in [3.05, 3.63) is 167 Å². The molecule has 5 aromatic carbocycles. The Morgan fingerprint density at radius 3 is 2.15 bits per heavy atom. The number of carbonyl (C=O) groups excluding carboxylic acids is 1. The number of nitrogens with zero attached hydrogens (tertiary/aromatic N) is 2. The van der Waals surface area contributed by atoms with E-state index in [4.69, 9.17) is 0 Å². The largest absolute Gasteiger partial charge is 0.348 e. The zero-order valence-electron chi connectivity index (χ0n) is 27.0. The summed E-state index contributed by atoms with van der Waals surface area (Å²) >= 11 is 0. The third-order valence-corrected chi connectivity index (χ3v) is 8.67. The topological polar surface area (TPSA) is 47.6 Å². The molecular formula is C41H43FN4O. The summed E-state index contributed by atoms with van der Waals surface area (Å²) in [7, 11) is 0. The zero-order chi connectivity index (χ0) is 32.4. The van der Waals surface area contributed by atoms with Crippen molar-refractivity contribution >= 4 is 5.91 Å².